The zero-order valence-corrected chi connectivity index (χ0v) is 22.4. The third kappa shape index (κ3) is 4.09. The van der Waals surface area contributed by atoms with Crippen LogP contribution in [-0.2, 0) is 14.3 Å². The number of hydrogen-bond donors (Lipinski definition) is 1. The molecular weight excluding hydrogens is 492 g/mol. The van der Waals surface area contributed by atoms with Crippen LogP contribution >= 0.6 is 11.6 Å². The third-order valence-corrected chi connectivity index (χ3v) is 8.67. The monoisotopic (exact) mass is 524 g/mol. The number of esters is 1. The second-order valence-electron chi connectivity index (χ2n) is 10.1. The summed E-state index contributed by atoms with van der Waals surface area (Å²) in [5, 5.41) is 4.28. The number of rotatable bonds is 6. The molecular formula is C29H33ClN2O5. The van der Waals surface area contributed by atoms with Crippen LogP contribution in [0.3, 0.4) is 0 Å². The molecule has 1 N–H and O–H groups in total. The lowest BCUT2D eigenvalue weighted by atomic mass is 9.72. The molecule has 2 aromatic carbocycles. The average Bonchev–Trinajstić information content (AvgIpc) is 3.42. The predicted molar refractivity (Wildman–Crippen MR) is 143 cm³/mol. The number of halogens is 1. The third-order valence-electron chi connectivity index (χ3n) is 8.41. The second kappa shape index (κ2) is 10.0. The molecule has 1 spiro atoms. The van der Waals surface area contributed by atoms with Gasteiger partial charge in [-0.2, -0.15) is 0 Å². The van der Waals surface area contributed by atoms with Gasteiger partial charge in [-0.3, -0.25) is 9.69 Å². The Morgan fingerprint density at radius 3 is 2.59 bits per heavy atom. The van der Waals surface area contributed by atoms with Crippen molar-refractivity contribution >= 4 is 29.0 Å². The van der Waals surface area contributed by atoms with Gasteiger partial charge in [-0.25, -0.2) is 4.79 Å². The molecule has 3 aliphatic heterocycles. The van der Waals surface area contributed by atoms with E-state index in [-0.39, 0.29) is 29.6 Å². The fraction of sp³-hybridized carbons (Fsp3) is 0.448. The van der Waals surface area contributed by atoms with Crippen LogP contribution in [0.5, 0.6) is 5.75 Å². The van der Waals surface area contributed by atoms with Gasteiger partial charge in [0.15, 0.2) is 5.78 Å². The molecule has 8 heteroatoms. The quantitative estimate of drug-likeness (QED) is 0.317. The summed E-state index contributed by atoms with van der Waals surface area (Å²) in [5.41, 5.74) is 2.91. The van der Waals surface area contributed by atoms with Crippen molar-refractivity contribution in [1.29, 1.82) is 0 Å². The van der Waals surface area contributed by atoms with E-state index in [0.29, 0.717) is 34.8 Å². The first-order valence-electron chi connectivity index (χ1n) is 12.7. The molecule has 5 rings (SSSR count). The van der Waals surface area contributed by atoms with Crippen molar-refractivity contribution in [2.75, 3.05) is 39.7 Å². The van der Waals surface area contributed by atoms with Crippen molar-refractivity contribution < 1.29 is 23.8 Å². The van der Waals surface area contributed by atoms with Crippen LogP contribution < -0.4 is 10.1 Å². The standard InChI is InChI=1S/C29H33ClN2O5/c1-5-17-15-32-13-12-29(24(32)14-21(17)22(16-35-2)28(34)37-4)27(33)25-23(31-29)11-10-20(26(25)36-3)18-6-8-19(30)9-7-18/h6-11,16-17,21,24,31H,5,12-15H2,1-4H3/b22-16+/t17-,21+,24+,29+/m1/s1. The van der Waals surface area contributed by atoms with Gasteiger partial charge >= 0.3 is 5.97 Å². The summed E-state index contributed by atoms with van der Waals surface area (Å²) >= 11 is 6.10. The average molecular weight is 525 g/mol. The molecule has 2 fully saturated rings. The SMILES string of the molecule is CC[C@@H]1CN2CC[C@]3(Nc4ccc(-c5ccc(Cl)cc5)c(OC)c4C3=O)[C@@H]2C[C@@H]1/C(=C\OC)C(=O)OC. The first kappa shape index (κ1) is 25.6. The number of ether oxygens (including phenoxy) is 3. The number of Topliss-reactive ketones (excluding diaryl/α,β-unsaturated/α-hetero) is 1. The Morgan fingerprint density at radius 1 is 1.19 bits per heavy atom. The molecule has 0 saturated carbocycles. The zero-order chi connectivity index (χ0) is 26.3. The van der Waals surface area contributed by atoms with Gasteiger partial charge in [0.1, 0.15) is 11.3 Å². The van der Waals surface area contributed by atoms with Gasteiger partial charge in [0, 0.05) is 35.4 Å². The molecule has 0 amide bonds. The summed E-state index contributed by atoms with van der Waals surface area (Å²) in [6, 6.07) is 11.4. The Labute approximate surface area is 222 Å². The summed E-state index contributed by atoms with van der Waals surface area (Å²) in [6.07, 6.45) is 3.77. The minimum atomic E-state index is -0.778. The van der Waals surface area contributed by atoms with Gasteiger partial charge in [-0.05, 0) is 54.5 Å². The van der Waals surface area contributed by atoms with Crippen molar-refractivity contribution in [2.24, 2.45) is 11.8 Å². The first-order chi connectivity index (χ1) is 17.9. The molecule has 0 unspecified atom stereocenters. The summed E-state index contributed by atoms with van der Waals surface area (Å²) in [6.45, 7) is 3.77. The Hall–Kier alpha value is -3.03. The summed E-state index contributed by atoms with van der Waals surface area (Å²) < 4.78 is 16.2. The molecule has 2 aromatic rings. The number of ketones is 1. The molecule has 0 bridgehead atoms. The Balaban J connectivity index is 1.53. The van der Waals surface area contributed by atoms with E-state index in [1.807, 2.05) is 36.4 Å². The summed E-state index contributed by atoms with van der Waals surface area (Å²) in [5.74, 6) is 0.428. The number of anilines is 1. The Morgan fingerprint density at radius 2 is 1.95 bits per heavy atom. The number of piperidine rings is 1. The summed E-state index contributed by atoms with van der Waals surface area (Å²) in [4.78, 5) is 29.4. The van der Waals surface area contributed by atoms with Crippen LogP contribution in [0.2, 0.25) is 5.02 Å². The molecule has 2 saturated heterocycles. The van der Waals surface area contributed by atoms with Crippen molar-refractivity contribution in [2.45, 2.75) is 37.8 Å². The molecule has 4 atom stereocenters. The number of methoxy groups -OCH3 is 3. The Bertz CT molecular complexity index is 1240. The normalized spacial score (nSPS) is 27.0. The maximum atomic E-state index is 14.3. The highest BCUT2D eigenvalue weighted by molar-refractivity contribution is 6.30. The van der Waals surface area contributed by atoms with Gasteiger partial charge in [0.05, 0.1) is 38.7 Å². The largest absolute Gasteiger partial charge is 0.504 e. The van der Waals surface area contributed by atoms with Gasteiger partial charge in [0.25, 0.3) is 0 Å². The number of fused-ring (bicyclic) bond motifs is 3. The molecule has 196 valence electrons. The molecule has 3 heterocycles. The number of nitrogens with one attached hydrogen (secondary N) is 1. The topological polar surface area (TPSA) is 77.1 Å². The lowest BCUT2D eigenvalue weighted by Gasteiger charge is -2.45. The van der Waals surface area contributed by atoms with Crippen LogP contribution in [0, 0.1) is 11.8 Å². The van der Waals surface area contributed by atoms with Crippen molar-refractivity contribution in [3.8, 4) is 16.9 Å². The predicted octanol–water partition coefficient (Wildman–Crippen LogP) is 5.19. The van der Waals surface area contributed by atoms with Crippen LogP contribution in [0.1, 0.15) is 36.5 Å². The zero-order valence-electron chi connectivity index (χ0n) is 21.7. The van der Waals surface area contributed by atoms with Gasteiger partial charge in [-0.15, -0.1) is 0 Å². The molecule has 0 aliphatic carbocycles. The van der Waals surface area contributed by atoms with Crippen LogP contribution in [-0.4, -0.2) is 62.7 Å². The molecule has 37 heavy (non-hydrogen) atoms. The number of hydrogen-bond acceptors (Lipinski definition) is 7. The lowest BCUT2D eigenvalue weighted by Crippen LogP contribution is -2.57. The second-order valence-corrected chi connectivity index (χ2v) is 10.5. The van der Waals surface area contributed by atoms with Gasteiger partial charge < -0.3 is 19.5 Å². The highest BCUT2D eigenvalue weighted by Crippen LogP contribution is 2.52. The fourth-order valence-electron chi connectivity index (χ4n) is 6.62. The smallest absolute Gasteiger partial charge is 0.337 e. The van der Waals surface area contributed by atoms with Gasteiger partial charge in [-0.1, -0.05) is 37.1 Å². The number of carbonyl (C=O) groups is 2. The molecule has 7 nitrogen and oxygen atoms in total. The molecule has 0 aromatic heterocycles. The van der Waals surface area contributed by atoms with E-state index in [1.54, 1.807) is 14.2 Å². The number of nitrogens with zero attached hydrogens (tertiary/aromatic N) is 1. The maximum absolute atomic E-state index is 14.3. The maximum Gasteiger partial charge on any atom is 0.337 e. The number of benzene rings is 2. The van der Waals surface area contributed by atoms with E-state index in [0.717, 1.165) is 36.3 Å². The minimum absolute atomic E-state index is 0.0479. The molecule has 3 aliphatic rings. The van der Waals surface area contributed by atoms with Gasteiger partial charge in [0.2, 0.25) is 0 Å². The van der Waals surface area contributed by atoms with E-state index in [2.05, 4.69) is 17.1 Å². The van der Waals surface area contributed by atoms with E-state index in [1.165, 1.54) is 13.4 Å². The van der Waals surface area contributed by atoms with E-state index in [9.17, 15) is 9.59 Å². The number of carbonyl (C=O) groups excluding carboxylic acids is 2. The minimum Gasteiger partial charge on any atom is -0.504 e. The first-order valence-corrected chi connectivity index (χ1v) is 13.1. The van der Waals surface area contributed by atoms with Crippen LogP contribution in [0.25, 0.3) is 11.1 Å². The summed E-state index contributed by atoms with van der Waals surface area (Å²) in [7, 11) is 4.54. The lowest BCUT2D eigenvalue weighted by molar-refractivity contribution is -0.137. The van der Waals surface area contributed by atoms with Crippen molar-refractivity contribution in [1.82, 2.24) is 4.90 Å². The van der Waals surface area contributed by atoms with E-state index >= 15 is 0 Å². The Kier molecular flexibility index (Phi) is 6.94. The highest BCUT2D eigenvalue weighted by Gasteiger charge is 2.60. The van der Waals surface area contributed by atoms with E-state index < -0.39 is 5.54 Å². The fourth-order valence-corrected chi connectivity index (χ4v) is 6.75. The van der Waals surface area contributed by atoms with E-state index in [4.69, 9.17) is 25.8 Å². The van der Waals surface area contributed by atoms with Crippen LogP contribution in [0.4, 0.5) is 5.69 Å². The van der Waals surface area contributed by atoms with Crippen molar-refractivity contribution in [3.63, 3.8) is 0 Å². The van der Waals surface area contributed by atoms with Crippen LogP contribution in [0.15, 0.2) is 48.2 Å². The highest BCUT2D eigenvalue weighted by atomic mass is 35.5. The van der Waals surface area contributed by atoms with Crippen molar-refractivity contribution in [3.05, 3.63) is 58.8 Å². The molecule has 0 radical (unpaired) electrons.